The van der Waals surface area contributed by atoms with Crippen molar-refractivity contribution < 1.29 is 9.53 Å². The summed E-state index contributed by atoms with van der Waals surface area (Å²) in [6.45, 7) is 6.12. The first kappa shape index (κ1) is 15.6. The zero-order valence-corrected chi connectivity index (χ0v) is 13.5. The molecule has 1 heterocycles. The van der Waals surface area contributed by atoms with Crippen LogP contribution in [0.5, 0.6) is 0 Å². The summed E-state index contributed by atoms with van der Waals surface area (Å²) in [6, 6.07) is 4.41. The fourth-order valence-electron chi connectivity index (χ4n) is 3.07. The van der Waals surface area contributed by atoms with Gasteiger partial charge in [0.2, 0.25) is 0 Å². The van der Waals surface area contributed by atoms with Crippen LogP contribution in [0.3, 0.4) is 0 Å². The average molecular weight is 291 g/mol. The lowest BCUT2D eigenvalue weighted by atomic mass is 10.1. The molecule has 2 rings (SSSR count). The van der Waals surface area contributed by atoms with Crippen LogP contribution < -0.4 is 10.6 Å². The fraction of sp³-hybridized carbons (Fsp3) is 0.562. The molecule has 0 aliphatic carbocycles. The zero-order chi connectivity index (χ0) is 15.7. The Labute approximate surface area is 126 Å². The summed E-state index contributed by atoms with van der Waals surface area (Å²) < 4.78 is 4.82. The van der Waals surface area contributed by atoms with Crippen LogP contribution >= 0.6 is 0 Å². The van der Waals surface area contributed by atoms with Crippen molar-refractivity contribution in [2.75, 3.05) is 44.9 Å². The van der Waals surface area contributed by atoms with E-state index in [1.165, 1.54) is 7.11 Å². The second-order valence-corrected chi connectivity index (χ2v) is 6.13. The predicted molar refractivity (Wildman–Crippen MR) is 85.8 cm³/mol. The van der Waals surface area contributed by atoms with Crippen LogP contribution in [0.4, 0.5) is 11.4 Å². The Kier molecular flexibility index (Phi) is 4.42. The van der Waals surface area contributed by atoms with E-state index in [0.717, 1.165) is 24.3 Å². The van der Waals surface area contributed by atoms with Crippen LogP contribution in [0, 0.1) is 12.8 Å². The summed E-state index contributed by atoms with van der Waals surface area (Å²) in [4.78, 5) is 16.4. The molecule has 5 nitrogen and oxygen atoms in total. The molecule has 1 aromatic rings. The van der Waals surface area contributed by atoms with Gasteiger partial charge >= 0.3 is 5.97 Å². The van der Waals surface area contributed by atoms with Gasteiger partial charge in [-0.3, -0.25) is 0 Å². The van der Waals surface area contributed by atoms with Crippen LogP contribution in [-0.2, 0) is 4.74 Å². The number of nitrogens with two attached hydrogens (primary N) is 1. The first-order chi connectivity index (χ1) is 9.85. The fourth-order valence-corrected chi connectivity index (χ4v) is 3.07. The Hall–Kier alpha value is -1.75. The van der Waals surface area contributed by atoms with Crippen LogP contribution in [-0.4, -0.2) is 51.2 Å². The van der Waals surface area contributed by atoms with Gasteiger partial charge in [0.25, 0.3) is 0 Å². The molecule has 0 spiro atoms. The Morgan fingerprint density at radius 2 is 2.05 bits per heavy atom. The summed E-state index contributed by atoms with van der Waals surface area (Å²) >= 11 is 0. The number of methoxy groups -OCH3 is 1. The Morgan fingerprint density at radius 3 is 2.57 bits per heavy atom. The maximum atomic E-state index is 11.9. The van der Waals surface area contributed by atoms with E-state index in [0.29, 0.717) is 23.2 Å². The number of ether oxygens (including phenoxy) is 1. The highest BCUT2D eigenvalue weighted by molar-refractivity contribution is 5.97. The monoisotopic (exact) mass is 291 g/mol. The summed E-state index contributed by atoms with van der Waals surface area (Å²) in [6.07, 6.45) is 0. The molecule has 0 saturated carbocycles. The number of likely N-dealkylation sites (N-methyl/N-ethyl adjacent to an activating group) is 1. The maximum absolute atomic E-state index is 11.9. The number of nitrogens with zero attached hydrogens (tertiary/aromatic N) is 2. The Balaban J connectivity index is 2.33. The van der Waals surface area contributed by atoms with Crippen molar-refractivity contribution in [3.63, 3.8) is 0 Å². The second-order valence-electron chi connectivity index (χ2n) is 6.13. The summed E-state index contributed by atoms with van der Waals surface area (Å²) in [5.41, 5.74) is 8.91. The second kappa shape index (κ2) is 5.93. The third-order valence-electron chi connectivity index (χ3n) is 4.38. The van der Waals surface area contributed by atoms with Crippen LogP contribution in [0.2, 0.25) is 0 Å². The minimum Gasteiger partial charge on any atom is -0.465 e. The number of nitrogen functional groups attached to an aromatic ring is 1. The molecular formula is C16H25N3O2. The number of esters is 1. The van der Waals surface area contributed by atoms with Crippen molar-refractivity contribution in [2.24, 2.45) is 5.92 Å². The van der Waals surface area contributed by atoms with Crippen molar-refractivity contribution >= 4 is 17.3 Å². The van der Waals surface area contributed by atoms with Gasteiger partial charge in [-0.1, -0.05) is 6.92 Å². The third-order valence-corrected chi connectivity index (χ3v) is 4.38. The lowest BCUT2D eigenvalue weighted by molar-refractivity contribution is 0.0602. The third kappa shape index (κ3) is 2.97. The molecule has 116 valence electrons. The molecule has 2 N–H and O–H groups in total. The number of rotatable bonds is 3. The largest absolute Gasteiger partial charge is 0.465 e. The first-order valence-corrected chi connectivity index (χ1v) is 7.25. The number of hydrogen-bond acceptors (Lipinski definition) is 5. The van der Waals surface area contributed by atoms with E-state index >= 15 is 0 Å². The molecule has 2 atom stereocenters. The summed E-state index contributed by atoms with van der Waals surface area (Å²) in [5.74, 6) is 0.202. The van der Waals surface area contributed by atoms with Crippen LogP contribution in [0.25, 0.3) is 0 Å². The molecule has 1 aromatic carbocycles. The number of hydrogen-bond donors (Lipinski definition) is 1. The Morgan fingerprint density at radius 1 is 1.38 bits per heavy atom. The quantitative estimate of drug-likeness (QED) is 0.679. The number of carbonyl (C=O) groups is 1. The minimum absolute atomic E-state index is 0.381. The van der Waals surface area contributed by atoms with E-state index in [1.807, 2.05) is 19.1 Å². The molecule has 1 aliphatic rings. The SMILES string of the molecule is COC(=O)c1cc(N2CC(C)C(N(C)C)C2)cc(C)c1N. The van der Waals surface area contributed by atoms with Gasteiger partial charge in [-0.2, -0.15) is 0 Å². The molecule has 0 amide bonds. The average Bonchev–Trinajstić information content (AvgIpc) is 2.83. The van der Waals surface area contributed by atoms with Gasteiger partial charge in [0.1, 0.15) is 0 Å². The van der Waals surface area contributed by atoms with E-state index in [1.54, 1.807) is 0 Å². The van der Waals surface area contributed by atoms with Crippen molar-refractivity contribution in [1.29, 1.82) is 0 Å². The Bertz CT molecular complexity index is 543. The van der Waals surface area contributed by atoms with E-state index in [-0.39, 0.29) is 5.97 Å². The maximum Gasteiger partial charge on any atom is 0.340 e. The van der Waals surface area contributed by atoms with Gasteiger partial charge in [-0.25, -0.2) is 4.79 Å². The topological polar surface area (TPSA) is 58.8 Å². The van der Waals surface area contributed by atoms with E-state index in [2.05, 4.69) is 30.8 Å². The van der Waals surface area contributed by atoms with Gasteiger partial charge in [-0.05, 0) is 44.6 Å². The molecule has 0 radical (unpaired) electrons. The van der Waals surface area contributed by atoms with Gasteiger partial charge in [0.05, 0.1) is 12.7 Å². The number of anilines is 2. The molecule has 1 aliphatic heterocycles. The molecular weight excluding hydrogens is 266 g/mol. The van der Waals surface area contributed by atoms with Crippen molar-refractivity contribution in [3.05, 3.63) is 23.3 Å². The first-order valence-electron chi connectivity index (χ1n) is 7.25. The van der Waals surface area contributed by atoms with Crippen molar-refractivity contribution in [1.82, 2.24) is 4.90 Å². The van der Waals surface area contributed by atoms with E-state index in [9.17, 15) is 4.79 Å². The standard InChI is InChI=1S/C16H25N3O2/c1-10-6-12(7-13(15(10)17)16(20)21-5)19-8-11(2)14(9-19)18(3)4/h6-7,11,14H,8-9,17H2,1-5H3. The summed E-state index contributed by atoms with van der Waals surface area (Å²) in [7, 11) is 5.60. The number of benzene rings is 1. The van der Waals surface area contributed by atoms with Crippen LogP contribution in [0.1, 0.15) is 22.8 Å². The highest BCUT2D eigenvalue weighted by Gasteiger charge is 2.31. The summed E-state index contributed by atoms with van der Waals surface area (Å²) in [5, 5.41) is 0. The highest BCUT2D eigenvalue weighted by atomic mass is 16.5. The smallest absolute Gasteiger partial charge is 0.340 e. The van der Waals surface area contributed by atoms with Gasteiger partial charge < -0.3 is 20.3 Å². The van der Waals surface area contributed by atoms with Crippen LogP contribution in [0.15, 0.2) is 12.1 Å². The normalized spacial score (nSPS) is 21.9. The highest BCUT2D eigenvalue weighted by Crippen LogP contribution is 2.30. The van der Waals surface area contributed by atoms with Crippen molar-refractivity contribution in [3.8, 4) is 0 Å². The number of aryl methyl sites for hydroxylation is 1. The molecule has 1 saturated heterocycles. The van der Waals surface area contributed by atoms with Crippen molar-refractivity contribution in [2.45, 2.75) is 19.9 Å². The molecule has 5 heteroatoms. The van der Waals surface area contributed by atoms with Gasteiger partial charge in [-0.15, -0.1) is 0 Å². The van der Waals surface area contributed by atoms with Gasteiger partial charge in [0, 0.05) is 30.5 Å². The number of carbonyl (C=O) groups excluding carboxylic acids is 1. The molecule has 0 bridgehead atoms. The molecule has 1 fully saturated rings. The van der Waals surface area contributed by atoms with E-state index < -0.39 is 0 Å². The van der Waals surface area contributed by atoms with E-state index in [4.69, 9.17) is 10.5 Å². The molecule has 21 heavy (non-hydrogen) atoms. The zero-order valence-electron chi connectivity index (χ0n) is 13.5. The lowest BCUT2D eigenvalue weighted by Gasteiger charge is -2.23. The van der Waals surface area contributed by atoms with Gasteiger partial charge in [0.15, 0.2) is 0 Å². The minimum atomic E-state index is -0.381. The predicted octanol–water partition coefficient (Wildman–Crippen LogP) is 1.75. The molecule has 2 unspecified atom stereocenters. The molecule has 0 aromatic heterocycles. The lowest BCUT2D eigenvalue weighted by Crippen LogP contribution is -2.34.